The molecule has 0 bridgehead atoms. The van der Waals surface area contributed by atoms with Gasteiger partial charge in [-0.2, -0.15) is 14.6 Å². The Morgan fingerprint density at radius 1 is 1.53 bits per heavy atom. The molecule has 0 spiro atoms. The minimum Gasteiger partial charge on any atom is -0.367 e. The van der Waals surface area contributed by atoms with Crippen molar-refractivity contribution >= 4 is 11.6 Å². The smallest absolute Gasteiger partial charge is 0.254 e. The molecule has 5 heteroatoms. The molecule has 3 rings (SSSR count). The SMILES string of the molecule is CCCC1CC1Nc1cc(C)nc2ncnn12. The molecular weight excluding hydrogens is 214 g/mol. The van der Waals surface area contributed by atoms with Crippen LogP contribution in [0.5, 0.6) is 0 Å². The summed E-state index contributed by atoms with van der Waals surface area (Å²) in [6.07, 6.45) is 5.38. The maximum Gasteiger partial charge on any atom is 0.254 e. The summed E-state index contributed by atoms with van der Waals surface area (Å²) in [4.78, 5) is 8.45. The maximum atomic E-state index is 4.33. The summed E-state index contributed by atoms with van der Waals surface area (Å²) in [5, 5.41) is 7.73. The molecular formula is C12H17N5. The third-order valence-electron chi connectivity index (χ3n) is 3.30. The molecule has 1 N–H and O–H groups in total. The molecule has 0 amide bonds. The predicted octanol–water partition coefficient (Wildman–Crippen LogP) is 2.03. The topological polar surface area (TPSA) is 55.1 Å². The van der Waals surface area contributed by atoms with Crippen molar-refractivity contribution in [3.63, 3.8) is 0 Å². The lowest BCUT2D eigenvalue weighted by Gasteiger charge is -2.08. The van der Waals surface area contributed by atoms with E-state index in [2.05, 4.69) is 27.3 Å². The van der Waals surface area contributed by atoms with Gasteiger partial charge in [-0.15, -0.1) is 0 Å². The fraction of sp³-hybridized carbons (Fsp3) is 0.583. The predicted molar refractivity (Wildman–Crippen MR) is 65.9 cm³/mol. The highest BCUT2D eigenvalue weighted by Crippen LogP contribution is 2.37. The first-order chi connectivity index (χ1) is 8.28. The standard InChI is InChI=1S/C12H17N5/c1-3-4-9-6-10(9)16-11-5-8(2)15-12-13-7-14-17(11)12/h5,7,9-10,16H,3-4,6H2,1-2H3. The quantitative estimate of drug-likeness (QED) is 0.874. The molecule has 1 saturated carbocycles. The molecule has 17 heavy (non-hydrogen) atoms. The fourth-order valence-corrected chi connectivity index (χ4v) is 2.34. The van der Waals surface area contributed by atoms with Crippen LogP contribution in [0.3, 0.4) is 0 Å². The van der Waals surface area contributed by atoms with Crippen LogP contribution >= 0.6 is 0 Å². The van der Waals surface area contributed by atoms with Gasteiger partial charge in [0.05, 0.1) is 0 Å². The van der Waals surface area contributed by atoms with Crippen LogP contribution in [0.25, 0.3) is 5.78 Å². The van der Waals surface area contributed by atoms with Crippen molar-refractivity contribution < 1.29 is 0 Å². The van der Waals surface area contributed by atoms with Crippen molar-refractivity contribution in [3.8, 4) is 0 Å². The number of nitrogens with zero attached hydrogens (tertiary/aromatic N) is 4. The molecule has 2 aromatic rings. The average Bonchev–Trinajstić information content (AvgIpc) is 2.85. The maximum absolute atomic E-state index is 4.33. The summed E-state index contributed by atoms with van der Waals surface area (Å²) in [5.74, 6) is 2.50. The Balaban J connectivity index is 1.83. The number of hydrogen-bond donors (Lipinski definition) is 1. The van der Waals surface area contributed by atoms with Crippen molar-refractivity contribution in [2.75, 3.05) is 5.32 Å². The van der Waals surface area contributed by atoms with Crippen molar-refractivity contribution in [2.24, 2.45) is 5.92 Å². The zero-order valence-electron chi connectivity index (χ0n) is 10.2. The molecule has 2 heterocycles. The molecule has 0 radical (unpaired) electrons. The van der Waals surface area contributed by atoms with E-state index in [0.29, 0.717) is 11.8 Å². The van der Waals surface area contributed by atoms with Crippen LogP contribution in [0.15, 0.2) is 12.4 Å². The highest BCUT2D eigenvalue weighted by molar-refractivity contribution is 5.46. The van der Waals surface area contributed by atoms with Crippen LogP contribution in [-0.2, 0) is 0 Å². The van der Waals surface area contributed by atoms with Crippen LogP contribution in [-0.4, -0.2) is 25.6 Å². The van der Waals surface area contributed by atoms with Crippen LogP contribution in [0.1, 0.15) is 31.9 Å². The van der Waals surface area contributed by atoms with Crippen molar-refractivity contribution in [1.29, 1.82) is 0 Å². The first-order valence-electron chi connectivity index (χ1n) is 6.22. The summed E-state index contributed by atoms with van der Waals surface area (Å²) in [6, 6.07) is 2.63. The number of hydrogen-bond acceptors (Lipinski definition) is 4. The van der Waals surface area contributed by atoms with Gasteiger partial charge in [-0.25, -0.2) is 4.98 Å². The Morgan fingerprint density at radius 2 is 2.41 bits per heavy atom. The first kappa shape index (κ1) is 10.5. The van der Waals surface area contributed by atoms with E-state index in [9.17, 15) is 0 Å². The lowest BCUT2D eigenvalue weighted by atomic mass is 10.2. The number of fused-ring (bicyclic) bond motifs is 1. The van der Waals surface area contributed by atoms with Crippen LogP contribution in [0.2, 0.25) is 0 Å². The molecule has 1 aliphatic rings. The molecule has 2 unspecified atom stereocenters. The van der Waals surface area contributed by atoms with Crippen molar-refractivity contribution in [3.05, 3.63) is 18.1 Å². The van der Waals surface area contributed by atoms with E-state index in [1.165, 1.54) is 19.3 Å². The Labute approximate surface area is 100 Å². The number of rotatable bonds is 4. The van der Waals surface area contributed by atoms with Gasteiger partial charge in [0, 0.05) is 17.8 Å². The molecule has 0 saturated heterocycles. The van der Waals surface area contributed by atoms with Gasteiger partial charge in [0.1, 0.15) is 12.1 Å². The van der Waals surface area contributed by atoms with Crippen LogP contribution in [0.4, 0.5) is 5.82 Å². The molecule has 5 nitrogen and oxygen atoms in total. The molecule has 1 aliphatic carbocycles. The second kappa shape index (κ2) is 3.98. The first-order valence-corrected chi connectivity index (χ1v) is 6.22. The van der Waals surface area contributed by atoms with Gasteiger partial charge in [0.15, 0.2) is 0 Å². The van der Waals surface area contributed by atoms with Crippen molar-refractivity contribution in [1.82, 2.24) is 19.6 Å². The molecule has 0 aliphatic heterocycles. The van der Waals surface area contributed by atoms with Gasteiger partial charge >= 0.3 is 0 Å². The van der Waals surface area contributed by atoms with Gasteiger partial charge in [-0.05, 0) is 25.7 Å². The van der Waals surface area contributed by atoms with Gasteiger partial charge < -0.3 is 5.32 Å². The lowest BCUT2D eigenvalue weighted by molar-refractivity contribution is 0.691. The number of aromatic nitrogens is 4. The zero-order valence-corrected chi connectivity index (χ0v) is 10.2. The largest absolute Gasteiger partial charge is 0.367 e. The third-order valence-corrected chi connectivity index (χ3v) is 3.30. The van der Waals surface area contributed by atoms with E-state index in [-0.39, 0.29) is 0 Å². The van der Waals surface area contributed by atoms with E-state index >= 15 is 0 Å². The number of nitrogens with one attached hydrogen (secondary N) is 1. The minimum absolute atomic E-state index is 0.601. The normalized spacial score (nSPS) is 22.9. The van der Waals surface area contributed by atoms with E-state index in [1.807, 2.05) is 13.0 Å². The van der Waals surface area contributed by atoms with E-state index in [0.717, 1.165) is 17.4 Å². The van der Waals surface area contributed by atoms with Gasteiger partial charge in [0.25, 0.3) is 5.78 Å². The number of anilines is 1. The second-order valence-corrected chi connectivity index (χ2v) is 4.79. The Kier molecular flexibility index (Phi) is 2.46. The lowest BCUT2D eigenvalue weighted by Crippen LogP contribution is -2.10. The summed E-state index contributed by atoms with van der Waals surface area (Å²) >= 11 is 0. The van der Waals surface area contributed by atoms with Crippen LogP contribution < -0.4 is 5.32 Å². The zero-order chi connectivity index (χ0) is 11.8. The van der Waals surface area contributed by atoms with Gasteiger partial charge in [0.2, 0.25) is 0 Å². The summed E-state index contributed by atoms with van der Waals surface area (Å²) in [6.45, 7) is 4.22. The monoisotopic (exact) mass is 231 g/mol. The van der Waals surface area contributed by atoms with Gasteiger partial charge in [-0.3, -0.25) is 0 Å². The summed E-state index contributed by atoms with van der Waals surface area (Å²) in [7, 11) is 0. The summed E-state index contributed by atoms with van der Waals surface area (Å²) < 4.78 is 1.77. The van der Waals surface area contributed by atoms with E-state index in [4.69, 9.17) is 0 Å². The van der Waals surface area contributed by atoms with Gasteiger partial charge in [-0.1, -0.05) is 13.3 Å². The minimum atomic E-state index is 0.601. The number of aryl methyl sites for hydroxylation is 1. The Bertz CT molecular complexity index is 533. The second-order valence-electron chi connectivity index (χ2n) is 4.79. The molecule has 1 fully saturated rings. The highest BCUT2D eigenvalue weighted by atomic mass is 15.4. The summed E-state index contributed by atoms with van der Waals surface area (Å²) in [5.41, 5.74) is 0.973. The van der Waals surface area contributed by atoms with E-state index < -0.39 is 0 Å². The molecule has 2 aromatic heterocycles. The third kappa shape index (κ3) is 1.97. The van der Waals surface area contributed by atoms with Crippen LogP contribution in [0, 0.1) is 12.8 Å². The van der Waals surface area contributed by atoms with E-state index in [1.54, 1.807) is 10.8 Å². The Hall–Kier alpha value is -1.65. The average molecular weight is 231 g/mol. The molecule has 0 aromatic carbocycles. The highest BCUT2D eigenvalue weighted by Gasteiger charge is 2.36. The molecule has 90 valence electrons. The molecule has 2 atom stereocenters. The van der Waals surface area contributed by atoms with Crippen molar-refractivity contribution in [2.45, 2.75) is 39.2 Å². The fourth-order valence-electron chi connectivity index (χ4n) is 2.34. The Morgan fingerprint density at radius 3 is 3.24 bits per heavy atom.